The normalized spacial score (nSPS) is 10.4. The molecule has 0 radical (unpaired) electrons. The number of nitrogens with two attached hydrogens (primary N) is 1. The van der Waals surface area contributed by atoms with Gasteiger partial charge in [0.05, 0.1) is 5.69 Å². The minimum absolute atomic E-state index is 0.260. The van der Waals surface area contributed by atoms with Crippen LogP contribution in [0.25, 0.3) is 0 Å². The van der Waals surface area contributed by atoms with Gasteiger partial charge in [0.1, 0.15) is 12.0 Å². The molecule has 1 heterocycles. The van der Waals surface area contributed by atoms with Crippen molar-refractivity contribution in [1.29, 1.82) is 0 Å². The average Bonchev–Trinajstić information content (AvgIpc) is 2.58. The van der Waals surface area contributed by atoms with Crippen LogP contribution in [0.1, 0.15) is 30.5 Å². The zero-order valence-corrected chi connectivity index (χ0v) is 8.45. The highest BCUT2D eigenvalue weighted by molar-refractivity contribution is 5.78. The van der Waals surface area contributed by atoms with E-state index in [0.717, 1.165) is 24.1 Å². The van der Waals surface area contributed by atoms with E-state index in [9.17, 15) is 4.79 Å². The van der Waals surface area contributed by atoms with Gasteiger partial charge in [-0.05, 0) is 26.3 Å². The summed E-state index contributed by atoms with van der Waals surface area (Å²) in [6.07, 6.45) is 4.24. The summed E-state index contributed by atoms with van der Waals surface area (Å²) in [5, 5.41) is 3.75. The zero-order valence-electron chi connectivity index (χ0n) is 8.45. The van der Waals surface area contributed by atoms with Crippen molar-refractivity contribution < 1.29 is 9.32 Å². The smallest absolute Gasteiger partial charge is 0.133 e. The lowest BCUT2D eigenvalue weighted by atomic mass is 10.1. The third-order valence-corrected chi connectivity index (χ3v) is 2.18. The van der Waals surface area contributed by atoms with E-state index in [1.165, 1.54) is 0 Å². The number of nitrogens with zero attached hydrogens (tertiary/aromatic N) is 1. The molecule has 0 amide bonds. The van der Waals surface area contributed by atoms with Crippen LogP contribution in [0.4, 0.5) is 0 Å². The molecular formula is C10H16N2O2. The molecule has 0 atom stereocenters. The van der Waals surface area contributed by atoms with E-state index >= 15 is 0 Å². The van der Waals surface area contributed by atoms with Gasteiger partial charge in [0.25, 0.3) is 0 Å². The molecule has 4 nitrogen and oxygen atoms in total. The number of Topliss-reactive ketones (excluding diaryl/α,β-unsaturated/α-hetero) is 1. The monoisotopic (exact) mass is 196 g/mol. The van der Waals surface area contributed by atoms with Gasteiger partial charge in [-0.15, -0.1) is 0 Å². The molecule has 0 fully saturated rings. The Kier molecular flexibility index (Phi) is 4.32. The molecule has 78 valence electrons. The highest BCUT2D eigenvalue weighted by Gasteiger charge is 2.06. The fourth-order valence-electron chi connectivity index (χ4n) is 1.25. The number of carbonyl (C=O) groups excluding carboxylic acids is 1. The molecule has 0 saturated heterocycles. The molecule has 0 aliphatic heterocycles. The van der Waals surface area contributed by atoms with E-state index in [4.69, 9.17) is 10.3 Å². The molecule has 0 aromatic carbocycles. The van der Waals surface area contributed by atoms with E-state index in [1.807, 2.05) is 6.92 Å². The highest BCUT2D eigenvalue weighted by atomic mass is 16.5. The molecule has 0 aliphatic rings. The van der Waals surface area contributed by atoms with Gasteiger partial charge in [-0.25, -0.2) is 0 Å². The van der Waals surface area contributed by atoms with E-state index in [-0.39, 0.29) is 5.78 Å². The number of aromatic nitrogens is 1. The third-order valence-electron chi connectivity index (χ3n) is 2.18. The van der Waals surface area contributed by atoms with Crippen LogP contribution in [-0.2, 0) is 11.2 Å². The average molecular weight is 196 g/mol. The molecule has 0 saturated carbocycles. The summed E-state index contributed by atoms with van der Waals surface area (Å²) in [5.41, 5.74) is 7.21. The number of hydrogen-bond donors (Lipinski definition) is 1. The molecule has 14 heavy (non-hydrogen) atoms. The molecule has 0 spiro atoms. The number of ketones is 1. The fraction of sp³-hybridized carbons (Fsp3) is 0.600. The van der Waals surface area contributed by atoms with Gasteiger partial charge in [0.2, 0.25) is 0 Å². The van der Waals surface area contributed by atoms with Crippen molar-refractivity contribution in [3.63, 3.8) is 0 Å². The van der Waals surface area contributed by atoms with Gasteiger partial charge < -0.3 is 10.3 Å². The van der Waals surface area contributed by atoms with Crippen LogP contribution in [0, 0.1) is 6.92 Å². The number of hydrogen-bond acceptors (Lipinski definition) is 4. The maximum Gasteiger partial charge on any atom is 0.133 e. The van der Waals surface area contributed by atoms with Gasteiger partial charge in [0.15, 0.2) is 0 Å². The van der Waals surface area contributed by atoms with E-state index < -0.39 is 0 Å². The molecule has 1 aromatic rings. The van der Waals surface area contributed by atoms with Crippen molar-refractivity contribution >= 4 is 5.78 Å². The largest absolute Gasteiger partial charge is 0.364 e. The fourth-order valence-corrected chi connectivity index (χ4v) is 1.25. The summed E-state index contributed by atoms with van der Waals surface area (Å²) in [7, 11) is 0. The Bertz CT molecular complexity index is 294. The van der Waals surface area contributed by atoms with Crippen LogP contribution in [-0.4, -0.2) is 17.5 Å². The maximum atomic E-state index is 11.3. The first-order valence-electron chi connectivity index (χ1n) is 4.85. The lowest BCUT2D eigenvalue weighted by Crippen LogP contribution is -2.05. The predicted molar refractivity (Wildman–Crippen MR) is 52.9 cm³/mol. The van der Waals surface area contributed by atoms with Gasteiger partial charge in [-0.1, -0.05) is 5.16 Å². The lowest BCUT2D eigenvalue weighted by Gasteiger charge is -1.98. The SMILES string of the molecule is Cc1nocc1CCC(=O)CCCN. The van der Waals surface area contributed by atoms with Gasteiger partial charge >= 0.3 is 0 Å². The van der Waals surface area contributed by atoms with Gasteiger partial charge in [-0.2, -0.15) is 0 Å². The van der Waals surface area contributed by atoms with E-state index in [1.54, 1.807) is 6.26 Å². The maximum absolute atomic E-state index is 11.3. The minimum Gasteiger partial charge on any atom is -0.364 e. The Morgan fingerprint density at radius 2 is 2.36 bits per heavy atom. The second-order valence-electron chi connectivity index (χ2n) is 3.36. The van der Waals surface area contributed by atoms with Gasteiger partial charge in [-0.3, -0.25) is 4.79 Å². The molecule has 0 bridgehead atoms. The zero-order chi connectivity index (χ0) is 10.4. The Morgan fingerprint density at radius 3 is 2.93 bits per heavy atom. The van der Waals surface area contributed by atoms with E-state index in [0.29, 0.717) is 19.4 Å². The van der Waals surface area contributed by atoms with Crippen molar-refractivity contribution in [2.45, 2.75) is 32.6 Å². The Hall–Kier alpha value is -1.16. The first kappa shape index (κ1) is 10.9. The summed E-state index contributed by atoms with van der Waals surface area (Å²) in [4.78, 5) is 11.3. The third kappa shape index (κ3) is 3.30. The van der Waals surface area contributed by atoms with Gasteiger partial charge in [0, 0.05) is 18.4 Å². The molecule has 2 N–H and O–H groups in total. The summed E-state index contributed by atoms with van der Waals surface area (Å²) in [6.45, 7) is 2.46. The minimum atomic E-state index is 0.260. The summed E-state index contributed by atoms with van der Waals surface area (Å²) < 4.78 is 4.78. The second kappa shape index (κ2) is 5.54. The van der Waals surface area contributed by atoms with Crippen LogP contribution < -0.4 is 5.73 Å². The molecular weight excluding hydrogens is 180 g/mol. The topological polar surface area (TPSA) is 69.1 Å². The van der Waals surface area contributed by atoms with Crippen molar-refractivity contribution in [2.75, 3.05) is 6.54 Å². The van der Waals surface area contributed by atoms with Crippen LogP contribution in [0.3, 0.4) is 0 Å². The summed E-state index contributed by atoms with van der Waals surface area (Å²) in [6, 6.07) is 0. The second-order valence-corrected chi connectivity index (χ2v) is 3.36. The summed E-state index contributed by atoms with van der Waals surface area (Å²) >= 11 is 0. The molecule has 0 aliphatic carbocycles. The van der Waals surface area contributed by atoms with Crippen molar-refractivity contribution in [1.82, 2.24) is 5.16 Å². The first-order valence-corrected chi connectivity index (χ1v) is 4.85. The summed E-state index contributed by atoms with van der Waals surface area (Å²) in [5.74, 6) is 0.260. The molecule has 1 rings (SSSR count). The first-order chi connectivity index (χ1) is 6.74. The number of carbonyl (C=O) groups is 1. The molecule has 1 aromatic heterocycles. The Morgan fingerprint density at radius 1 is 1.57 bits per heavy atom. The van der Waals surface area contributed by atoms with Crippen molar-refractivity contribution in [3.8, 4) is 0 Å². The van der Waals surface area contributed by atoms with Crippen LogP contribution in [0.15, 0.2) is 10.8 Å². The number of aryl methyl sites for hydroxylation is 2. The lowest BCUT2D eigenvalue weighted by molar-refractivity contribution is -0.119. The predicted octanol–water partition coefficient (Wildman–Crippen LogP) is 1.22. The van der Waals surface area contributed by atoms with Crippen LogP contribution in [0.2, 0.25) is 0 Å². The quantitative estimate of drug-likeness (QED) is 0.742. The van der Waals surface area contributed by atoms with E-state index in [2.05, 4.69) is 5.16 Å². The molecule has 4 heteroatoms. The standard InChI is InChI=1S/C10H16N2O2/c1-8-9(7-14-12-8)4-5-10(13)3-2-6-11/h7H,2-6,11H2,1H3. The Balaban J connectivity index is 2.27. The Labute approximate surface area is 83.5 Å². The van der Waals surface area contributed by atoms with Crippen molar-refractivity contribution in [3.05, 3.63) is 17.5 Å². The molecule has 0 unspecified atom stereocenters. The van der Waals surface area contributed by atoms with Crippen LogP contribution in [0.5, 0.6) is 0 Å². The van der Waals surface area contributed by atoms with Crippen LogP contribution >= 0.6 is 0 Å². The van der Waals surface area contributed by atoms with Crippen molar-refractivity contribution in [2.24, 2.45) is 5.73 Å². The highest BCUT2D eigenvalue weighted by Crippen LogP contribution is 2.09. The number of rotatable bonds is 6.